The summed E-state index contributed by atoms with van der Waals surface area (Å²) in [6.45, 7) is 0.339. The van der Waals surface area contributed by atoms with E-state index < -0.39 is 0 Å². The quantitative estimate of drug-likeness (QED) is 0.913. The lowest BCUT2D eigenvalue weighted by atomic mass is 10.1. The van der Waals surface area contributed by atoms with Crippen LogP contribution in [0.4, 0.5) is 11.4 Å². The predicted molar refractivity (Wildman–Crippen MR) is 86.1 cm³/mol. The number of hydrogen-bond donors (Lipinski definition) is 2. The summed E-state index contributed by atoms with van der Waals surface area (Å²) in [5.74, 6) is 0.683. The van der Waals surface area contributed by atoms with Gasteiger partial charge in [0, 0.05) is 5.69 Å². The average molecular weight is 312 g/mol. The van der Waals surface area contributed by atoms with E-state index in [1.54, 1.807) is 42.5 Å². The van der Waals surface area contributed by atoms with Crippen LogP contribution < -0.4 is 20.1 Å². The van der Waals surface area contributed by atoms with Gasteiger partial charge in [0.2, 0.25) is 5.91 Å². The molecule has 2 amide bonds. The summed E-state index contributed by atoms with van der Waals surface area (Å²) in [7, 11) is 1.52. The molecule has 2 N–H and O–H groups in total. The highest BCUT2D eigenvalue weighted by Gasteiger charge is 2.16. The Morgan fingerprint density at radius 2 is 2.09 bits per heavy atom. The topological polar surface area (TPSA) is 76.7 Å². The van der Waals surface area contributed by atoms with Crippen molar-refractivity contribution in [3.05, 3.63) is 48.0 Å². The molecule has 1 aliphatic heterocycles. The number of carbonyl (C=O) groups is 2. The molecule has 0 fully saturated rings. The first kappa shape index (κ1) is 14.9. The standard InChI is InChI=1S/C17H16N2O4/c1-22-14-5-3-2-4-12(14)17(21)18-11-6-7-15-13(10-11)19-16(20)8-9-23-15/h2-7,10H,8-9H2,1H3,(H,18,21)(H,19,20). The molecule has 0 atom stereocenters. The Bertz CT molecular complexity index is 758. The van der Waals surface area contributed by atoms with Crippen molar-refractivity contribution in [2.24, 2.45) is 0 Å². The number of ether oxygens (including phenoxy) is 2. The summed E-state index contributed by atoms with van der Waals surface area (Å²) in [4.78, 5) is 24.0. The molecule has 23 heavy (non-hydrogen) atoms. The molecule has 2 aromatic carbocycles. The van der Waals surface area contributed by atoms with Crippen LogP contribution >= 0.6 is 0 Å². The van der Waals surface area contributed by atoms with Gasteiger partial charge in [-0.3, -0.25) is 9.59 Å². The number of nitrogens with one attached hydrogen (secondary N) is 2. The molecule has 1 heterocycles. The normalized spacial score (nSPS) is 13.2. The Labute approximate surface area is 133 Å². The molecule has 0 unspecified atom stereocenters. The molecule has 1 aliphatic rings. The molecule has 0 saturated carbocycles. The van der Waals surface area contributed by atoms with Gasteiger partial charge in [0.1, 0.15) is 11.5 Å². The second-order valence-corrected chi connectivity index (χ2v) is 5.01. The van der Waals surface area contributed by atoms with Crippen molar-refractivity contribution in [2.75, 3.05) is 24.4 Å². The van der Waals surface area contributed by atoms with E-state index in [0.29, 0.717) is 41.5 Å². The Morgan fingerprint density at radius 3 is 2.91 bits per heavy atom. The fraction of sp³-hybridized carbons (Fsp3) is 0.176. The van der Waals surface area contributed by atoms with Crippen molar-refractivity contribution in [3.8, 4) is 11.5 Å². The van der Waals surface area contributed by atoms with Crippen LogP contribution in [0.5, 0.6) is 11.5 Å². The molecule has 0 bridgehead atoms. The highest BCUT2D eigenvalue weighted by Crippen LogP contribution is 2.30. The lowest BCUT2D eigenvalue weighted by Gasteiger charge is -2.12. The van der Waals surface area contributed by atoms with Gasteiger partial charge in [0.05, 0.1) is 31.4 Å². The molecule has 0 saturated heterocycles. The number of hydrogen-bond acceptors (Lipinski definition) is 4. The summed E-state index contributed by atoms with van der Waals surface area (Å²) < 4.78 is 10.7. The first-order valence-electron chi connectivity index (χ1n) is 7.18. The lowest BCUT2D eigenvalue weighted by molar-refractivity contribution is -0.116. The lowest BCUT2D eigenvalue weighted by Crippen LogP contribution is -2.14. The molecular weight excluding hydrogens is 296 g/mol. The van der Waals surface area contributed by atoms with Crippen molar-refractivity contribution in [1.29, 1.82) is 0 Å². The monoisotopic (exact) mass is 312 g/mol. The summed E-state index contributed by atoms with van der Waals surface area (Å²) >= 11 is 0. The van der Waals surface area contributed by atoms with Crippen molar-refractivity contribution in [3.63, 3.8) is 0 Å². The maximum Gasteiger partial charge on any atom is 0.259 e. The zero-order valence-corrected chi connectivity index (χ0v) is 12.6. The van der Waals surface area contributed by atoms with Gasteiger partial charge in [-0.2, -0.15) is 0 Å². The fourth-order valence-corrected chi connectivity index (χ4v) is 2.33. The van der Waals surface area contributed by atoms with E-state index in [1.807, 2.05) is 0 Å². The molecule has 6 nitrogen and oxygen atoms in total. The largest absolute Gasteiger partial charge is 0.496 e. The van der Waals surface area contributed by atoms with Gasteiger partial charge < -0.3 is 20.1 Å². The SMILES string of the molecule is COc1ccccc1C(=O)Nc1ccc2c(c1)NC(=O)CCO2. The van der Waals surface area contributed by atoms with Gasteiger partial charge in [-0.15, -0.1) is 0 Å². The summed E-state index contributed by atoms with van der Waals surface area (Å²) in [6, 6.07) is 12.1. The summed E-state index contributed by atoms with van der Waals surface area (Å²) in [5.41, 5.74) is 1.54. The molecule has 0 radical (unpaired) electrons. The zero-order valence-electron chi connectivity index (χ0n) is 12.6. The van der Waals surface area contributed by atoms with Crippen LogP contribution in [0, 0.1) is 0 Å². The van der Waals surface area contributed by atoms with Gasteiger partial charge in [-0.25, -0.2) is 0 Å². The van der Waals surface area contributed by atoms with Crippen LogP contribution in [0.2, 0.25) is 0 Å². The number of rotatable bonds is 3. The van der Waals surface area contributed by atoms with Gasteiger partial charge in [-0.05, 0) is 30.3 Å². The zero-order chi connectivity index (χ0) is 16.2. The maximum atomic E-state index is 12.4. The van der Waals surface area contributed by atoms with Crippen LogP contribution in [-0.4, -0.2) is 25.5 Å². The van der Waals surface area contributed by atoms with E-state index in [2.05, 4.69) is 10.6 Å². The summed E-state index contributed by atoms with van der Waals surface area (Å²) in [5, 5.41) is 5.55. The van der Waals surface area contributed by atoms with Crippen molar-refractivity contribution < 1.29 is 19.1 Å². The van der Waals surface area contributed by atoms with Crippen LogP contribution in [0.3, 0.4) is 0 Å². The van der Waals surface area contributed by atoms with Crippen molar-refractivity contribution in [1.82, 2.24) is 0 Å². The minimum Gasteiger partial charge on any atom is -0.496 e. The molecule has 6 heteroatoms. The minimum absolute atomic E-state index is 0.114. The fourth-order valence-electron chi connectivity index (χ4n) is 2.33. The van der Waals surface area contributed by atoms with Crippen molar-refractivity contribution in [2.45, 2.75) is 6.42 Å². The van der Waals surface area contributed by atoms with E-state index in [4.69, 9.17) is 9.47 Å². The van der Waals surface area contributed by atoms with Gasteiger partial charge in [-0.1, -0.05) is 12.1 Å². The number of anilines is 2. The van der Waals surface area contributed by atoms with Crippen molar-refractivity contribution >= 4 is 23.2 Å². The molecule has 118 valence electrons. The molecule has 0 spiro atoms. The third kappa shape index (κ3) is 3.26. The second-order valence-electron chi connectivity index (χ2n) is 5.01. The van der Waals surface area contributed by atoms with Crippen LogP contribution in [0.1, 0.15) is 16.8 Å². The molecule has 2 aromatic rings. The van der Waals surface area contributed by atoms with E-state index >= 15 is 0 Å². The van der Waals surface area contributed by atoms with Crippen LogP contribution in [0.25, 0.3) is 0 Å². The first-order valence-corrected chi connectivity index (χ1v) is 7.18. The molecule has 0 aromatic heterocycles. The number of methoxy groups -OCH3 is 1. The molecule has 0 aliphatic carbocycles. The maximum absolute atomic E-state index is 12.4. The van der Waals surface area contributed by atoms with E-state index in [-0.39, 0.29) is 11.8 Å². The van der Waals surface area contributed by atoms with E-state index in [9.17, 15) is 9.59 Å². The van der Waals surface area contributed by atoms with Crippen LogP contribution in [-0.2, 0) is 4.79 Å². The molecule has 3 rings (SSSR count). The number of amides is 2. The number of fused-ring (bicyclic) bond motifs is 1. The highest BCUT2D eigenvalue weighted by atomic mass is 16.5. The van der Waals surface area contributed by atoms with E-state index in [1.165, 1.54) is 7.11 Å². The first-order chi connectivity index (χ1) is 11.2. The van der Waals surface area contributed by atoms with Gasteiger partial charge in [0.25, 0.3) is 5.91 Å². The average Bonchev–Trinajstić information content (AvgIpc) is 2.74. The Balaban J connectivity index is 1.83. The Hall–Kier alpha value is -3.02. The highest BCUT2D eigenvalue weighted by molar-refractivity contribution is 6.06. The smallest absolute Gasteiger partial charge is 0.259 e. The third-order valence-corrected chi connectivity index (χ3v) is 3.45. The number of carbonyl (C=O) groups excluding carboxylic acids is 2. The van der Waals surface area contributed by atoms with E-state index in [0.717, 1.165) is 0 Å². The van der Waals surface area contributed by atoms with Crippen LogP contribution in [0.15, 0.2) is 42.5 Å². The van der Waals surface area contributed by atoms with Gasteiger partial charge >= 0.3 is 0 Å². The predicted octanol–water partition coefficient (Wildman–Crippen LogP) is 2.67. The third-order valence-electron chi connectivity index (χ3n) is 3.45. The second kappa shape index (κ2) is 6.39. The Morgan fingerprint density at radius 1 is 1.26 bits per heavy atom. The number of benzene rings is 2. The summed E-state index contributed by atoms with van der Waals surface area (Å²) in [6.07, 6.45) is 0.303. The molecular formula is C17H16N2O4. The minimum atomic E-state index is -0.289. The number of para-hydroxylation sites is 1. The Kier molecular flexibility index (Phi) is 4.14. The van der Waals surface area contributed by atoms with Gasteiger partial charge in [0.15, 0.2) is 0 Å².